The first-order chi connectivity index (χ1) is 9.24. The highest BCUT2D eigenvalue weighted by Gasteiger charge is 2.42. The summed E-state index contributed by atoms with van der Waals surface area (Å²) in [7, 11) is 0. The second-order valence-corrected chi connectivity index (χ2v) is 5.91. The van der Waals surface area contributed by atoms with Crippen LogP contribution in [0.15, 0.2) is 30.3 Å². The fourth-order valence-corrected chi connectivity index (χ4v) is 3.54. The van der Waals surface area contributed by atoms with Crippen molar-refractivity contribution >= 4 is 6.09 Å². The highest BCUT2D eigenvalue weighted by atomic mass is 16.6. The van der Waals surface area contributed by atoms with Crippen molar-refractivity contribution in [3.8, 4) is 0 Å². The second-order valence-electron chi connectivity index (χ2n) is 5.91. The van der Waals surface area contributed by atoms with Gasteiger partial charge in [-0.15, -0.1) is 0 Å². The van der Waals surface area contributed by atoms with Crippen LogP contribution in [0.5, 0.6) is 0 Å². The Labute approximate surface area is 114 Å². The van der Waals surface area contributed by atoms with Gasteiger partial charge < -0.3 is 9.64 Å². The molecule has 2 unspecified atom stereocenters. The largest absolute Gasteiger partial charge is 0.445 e. The molecule has 1 aromatic carbocycles. The highest BCUT2D eigenvalue weighted by Crippen LogP contribution is 2.38. The van der Waals surface area contributed by atoms with Gasteiger partial charge in [0.1, 0.15) is 6.61 Å². The van der Waals surface area contributed by atoms with Gasteiger partial charge in [0.15, 0.2) is 0 Å². The minimum absolute atomic E-state index is 0.122. The normalized spacial score (nSPS) is 29.3. The molecule has 0 aliphatic carbocycles. The standard InChI is InChI=1S/C16H21NO2/c1-12-9-14-7-8-15(10-12)17(14)16(18)19-11-13-5-3-2-4-6-13/h2-6,12,14-15H,7-11H2,1H3. The molecule has 3 heteroatoms. The Bertz CT molecular complexity index is 431. The van der Waals surface area contributed by atoms with E-state index < -0.39 is 0 Å². The van der Waals surface area contributed by atoms with E-state index >= 15 is 0 Å². The molecule has 2 fully saturated rings. The second kappa shape index (κ2) is 5.24. The van der Waals surface area contributed by atoms with Gasteiger partial charge in [0, 0.05) is 12.1 Å². The molecule has 3 nitrogen and oxygen atoms in total. The van der Waals surface area contributed by atoms with Crippen molar-refractivity contribution in [2.24, 2.45) is 5.92 Å². The van der Waals surface area contributed by atoms with Gasteiger partial charge in [-0.2, -0.15) is 0 Å². The number of carbonyl (C=O) groups excluding carboxylic acids is 1. The first kappa shape index (κ1) is 12.5. The quantitative estimate of drug-likeness (QED) is 0.812. The van der Waals surface area contributed by atoms with Gasteiger partial charge in [0.2, 0.25) is 0 Å². The molecule has 1 amide bonds. The molecule has 0 radical (unpaired) electrons. The summed E-state index contributed by atoms with van der Waals surface area (Å²) < 4.78 is 5.47. The minimum atomic E-state index is -0.122. The van der Waals surface area contributed by atoms with Gasteiger partial charge in [-0.3, -0.25) is 0 Å². The summed E-state index contributed by atoms with van der Waals surface area (Å²) in [5.74, 6) is 0.746. The third-order valence-electron chi connectivity index (χ3n) is 4.38. The number of benzene rings is 1. The zero-order valence-corrected chi connectivity index (χ0v) is 11.4. The van der Waals surface area contributed by atoms with Gasteiger partial charge in [0.05, 0.1) is 0 Å². The first-order valence-corrected chi connectivity index (χ1v) is 7.23. The maximum absolute atomic E-state index is 12.2. The van der Waals surface area contributed by atoms with Crippen LogP contribution in [0.25, 0.3) is 0 Å². The lowest BCUT2D eigenvalue weighted by atomic mass is 9.93. The van der Waals surface area contributed by atoms with E-state index in [4.69, 9.17) is 4.74 Å². The zero-order chi connectivity index (χ0) is 13.2. The lowest BCUT2D eigenvalue weighted by Crippen LogP contribution is -2.46. The van der Waals surface area contributed by atoms with E-state index in [1.807, 2.05) is 35.2 Å². The fourth-order valence-electron chi connectivity index (χ4n) is 3.54. The van der Waals surface area contributed by atoms with Crippen LogP contribution in [-0.2, 0) is 11.3 Å². The Kier molecular flexibility index (Phi) is 3.45. The van der Waals surface area contributed by atoms with Crippen molar-refractivity contribution in [2.75, 3.05) is 0 Å². The highest BCUT2D eigenvalue weighted by molar-refractivity contribution is 5.69. The number of piperidine rings is 1. The van der Waals surface area contributed by atoms with Crippen LogP contribution in [0, 0.1) is 5.92 Å². The Morgan fingerprint density at radius 2 is 1.84 bits per heavy atom. The lowest BCUT2D eigenvalue weighted by Gasteiger charge is -2.36. The molecule has 2 aliphatic heterocycles. The molecule has 0 aromatic heterocycles. The molecule has 3 rings (SSSR count). The van der Waals surface area contributed by atoms with E-state index in [1.165, 1.54) is 0 Å². The summed E-state index contributed by atoms with van der Waals surface area (Å²) >= 11 is 0. The SMILES string of the molecule is CC1CC2CCC(C1)N2C(=O)OCc1ccccc1. The molecule has 0 spiro atoms. The van der Waals surface area contributed by atoms with Crippen molar-refractivity contribution in [1.82, 2.24) is 4.90 Å². The summed E-state index contributed by atoms with van der Waals surface area (Å²) in [6, 6.07) is 10.7. The number of ether oxygens (including phenoxy) is 1. The molecule has 19 heavy (non-hydrogen) atoms. The number of rotatable bonds is 2. The average molecular weight is 259 g/mol. The van der Waals surface area contributed by atoms with E-state index in [-0.39, 0.29) is 6.09 Å². The molecule has 102 valence electrons. The molecule has 2 atom stereocenters. The molecule has 2 aliphatic rings. The van der Waals surface area contributed by atoms with E-state index in [0.717, 1.165) is 37.2 Å². The van der Waals surface area contributed by atoms with Gasteiger partial charge in [0.25, 0.3) is 0 Å². The Morgan fingerprint density at radius 3 is 2.47 bits per heavy atom. The zero-order valence-electron chi connectivity index (χ0n) is 11.4. The van der Waals surface area contributed by atoms with Crippen LogP contribution in [0.4, 0.5) is 4.79 Å². The van der Waals surface area contributed by atoms with Crippen LogP contribution in [0.1, 0.15) is 38.2 Å². The van der Waals surface area contributed by atoms with Crippen LogP contribution < -0.4 is 0 Å². The van der Waals surface area contributed by atoms with Crippen LogP contribution >= 0.6 is 0 Å². The fraction of sp³-hybridized carbons (Fsp3) is 0.562. The Hall–Kier alpha value is -1.51. The molecule has 0 saturated carbocycles. The topological polar surface area (TPSA) is 29.5 Å². The third kappa shape index (κ3) is 2.60. The van der Waals surface area contributed by atoms with E-state index in [1.54, 1.807) is 0 Å². The maximum atomic E-state index is 12.2. The minimum Gasteiger partial charge on any atom is -0.445 e. The van der Waals surface area contributed by atoms with E-state index in [0.29, 0.717) is 18.7 Å². The Balaban J connectivity index is 1.59. The van der Waals surface area contributed by atoms with Crippen LogP contribution in [0.3, 0.4) is 0 Å². The first-order valence-electron chi connectivity index (χ1n) is 7.23. The third-order valence-corrected chi connectivity index (χ3v) is 4.38. The smallest absolute Gasteiger partial charge is 0.410 e. The Morgan fingerprint density at radius 1 is 1.21 bits per heavy atom. The number of fused-ring (bicyclic) bond motifs is 2. The summed E-state index contributed by atoms with van der Waals surface area (Å²) in [6.07, 6.45) is 4.45. The van der Waals surface area contributed by atoms with E-state index in [9.17, 15) is 4.79 Å². The average Bonchev–Trinajstić information content (AvgIpc) is 2.70. The summed E-state index contributed by atoms with van der Waals surface area (Å²) in [6.45, 7) is 2.67. The van der Waals surface area contributed by atoms with Crippen molar-refractivity contribution in [3.63, 3.8) is 0 Å². The number of hydrogen-bond donors (Lipinski definition) is 0. The predicted molar refractivity (Wildman–Crippen MR) is 73.7 cm³/mol. The summed E-state index contributed by atoms with van der Waals surface area (Å²) in [5, 5.41) is 0. The monoisotopic (exact) mass is 259 g/mol. The summed E-state index contributed by atoms with van der Waals surface area (Å²) in [5.41, 5.74) is 1.05. The van der Waals surface area contributed by atoms with Crippen molar-refractivity contribution in [1.29, 1.82) is 0 Å². The van der Waals surface area contributed by atoms with Gasteiger partial charge in [-0.05, 0) is 37.2 Å². The molecule has 2 saturated heterocycles. The molecular formula is C16H21NO2. The molecule has 2 heterocycles. The van der Waals surface area contributed by atoms with Gasteiger partial charge in [-0.25, -0.2) is 4.79 Å². The number of hydrogen-bond acceptors (Lipinski definition) is 2. The van der Waals surface area contributed by atoms with E-state index in [2.05, 4.69) is 6.92 Å². The molecule has 0 N–H and O–H groups in total. The number of nitrogens with zero attached hydrogens (tertiary/aromatic N) is 1. The van der Waals surface area contributed by atoms with Crippen LogP contribution in [0.2, 0.25) is 0 Å². The van der Waals surface area contributed by atoms with Crippen molar-refractivity contribution in [2.45, 2.75) is 51.3 Å². The van der Waals surface area contributed by atoms with Crippen molar-refractivity contribution < 1.29 is 9.53 Å². The predicted octanol–water partition coefficient (Wildman–Crippen LogP) is 3.59. The number of carbonyl (C=O) groups is 1. The van der Waals surface area contributed by atoms with Gasteiger partial charge >= 0.3 is 6.09 Å². The molecule has 2 bridgehead atoms. The molecule has 1 aromatic rings. The van der Waals surface area contributed by atoms with Gasteiger partial charge in [-0.1, -0.05) is 37.3 Å². The maximum Gasteiger partial charge on any atom is 0.410 e. The summed E-state index contributed by atoms with van der Waals surface area (Å²) in [4.78, 5) is 14.2. The number of amides is 1. The molecular weight excluding hydrogens is 238 g/mol. The van der Waals surface area contributed by atoms with Crippen LogP contribution in [-0.4, -0.2) is 23.1 Å². The van der Waals surface area contributed by atoms with Crippen molar-refractivity contribution in [3.05, 3.63) is 35.9 Å². The lowest BCUT2D eigenvalue weighted by molar-refractivity contribution is 0.0553.